The first-order chi connectivity index (χ1) is 9.33. The minimum absolute atomic E-state index is 0.519. The van der Waals surface area contributed by atoms with Crippen LogP contribution >= 0.6 is 22.7 Å². The van der Waals surface area contributed by atoms with Gasteiger partial charge in [-0.3, -0.25) is 0 Å². The zero-order valence-corrected chi connectivity index (χ0v) is 11.3. The molecule has 0 saturated heterocycles. The van der Waals surface area contributed by atoms with Crippen LogP contribution < -0.4 is 5.73 Å². The summed E-state index contributed by atoms with van der Waals surface area (Å²) in [5.74, 6) is 0.519. The molecular weight excluding hydrogens is 276 g/mol. The Bertz CT molecular complexity index is 880. The molecule has 0 radical (unpaired) electrons. The van der Waals surface area contributed by atoms with Gasteiger partial charge in [0.25, 0.3) is 0 Å². The van der Waals surface area contributed by atoms with Crippen LogP contribution in [0.25, 0.3) is 30.9 Å². The first-order valence-electron chi connectivity index (χ1n) is 5.65. The Hall–Kier alpha value is -2.05. The monoisotopic (exact) mass is 284 g/mol. The number of anilines is 1. The summed E-state index contributed by atoms with van der Waals surface area (Å²) >= 11 is 3.24. The average molecular weight is 284 g/mol. The third-order valence-corrected chi connectivity index (χ3v) is 4.99. The highest BCUT2D eigenvalue weighted by molar-refractivity contribution is 7.25. The van der Waals surface area contributed by atoms with Crippen LogP contribution in [0.3, 0.4) is 0 Å². The van der Waals surface area contributed by atoms with Crippen LogP contribution in [0.2, 0.25) is 0 Å². The van der Waals surface area contributed by atoms with E-state index in [4.69, 9.17) is 5.73 Å². The van der Waals surface area contributed by atoms with E-state index in [1.54, 1.807) is 11.3 Å². The number of nitrogens with zero attached hydrogens (tertiary/aromatic N) is 3. The lowest BCUT2D eigenvalue weighted by molar-refractivity contribution is 1.24. The normalized spacial score (nSPS) is 11.4. The van der Waals surface area contributed by atoms with Crippen molar-refractivity contribution in [3.8, 4) is 10.4 Å². The molecule has 0 spiro atoms. The van der Waals surface area contributed by atoms with Gasteiger partial charge in [0.1, 0.15) is 17.0 Å². The lowest BCUT2D eigenvalue weighted by Gasteiger charge is -1.97. The van der Waals surface area contributed by atoms with Crippen molar-refractivity contribution in [3.05, 3.63) is 36.1 Å². The summed E-state index contributed by atoms with van der Waals surface area (Å²) in [6.45, 7) is 0. The quantitative estimate of drug-likeness (QED) is 0.580. The number of nitrogen functional groups attached to an aromatic ring is 1. The van der Waals surface area contributed by atoms with Crippen molar-refractivity contribution in [3.63, 3.8) is 0 Å². The molecule has 0 fully saturated rings. The summed E-state index contributed by atoms with van der Waals surface area (Å²) < 4.78 is 0.910. The molecule has 0 amide bonds. The van der Waals surface area contributed by atoms with E-state index in [1.807, 2.05) is 12.3 Å². The topological polar surface area (TPSA) is 64.7 Å². The van der Waals surface area contributed by atoms with Gasteiger partial charge < -0.3 is 5.73 Å². The van der Waals surface area contributed by atoms with Crippen LogP contribution in [0.15, 0.2) is 36.1 Å². The molecule has 0 saturated carbocycles. The second-order valence-electron chi connectivity index (χ2n) is 4.09. The van der Waals surface area contributed by atoms with E-state index < -0.39 is 0 Å². The largest absolute Gasteiger partial charge is 0.382 e. The molecule has 2 N–H and O–H groups in total. The van der Waals surface area contributed by atoms with Gasteiger partial charge >= 0.3 is 0 Å². The number of hydrogen-bond acceptors (Lipinski definition) is 6. The molecule has 4 nitrogen and oxygen atoms in total. The van der Waals surface area contributed by atoms with E-state index >= 15 is 0 Å². The van der Waals surface area contributed by atoms with E-state index in [0.29, 0.717) is 5.82 Å². The molecule has 92 valence electrons. The summed E-state index contributed by atoms with van der Waals surface area (Å²) in [5, 5.41) is 3.10. The molecule has 4 rings (SSSR count). The van der Waals surface area contributed by atoms with Gasteiger partial charge in [-0.1, -0.05) is 6.07 Å². The highest BCUT2D eigenvalue weighted by atomic mass is 32.1. The fraction of sp³-hybridized carbons (Fsp3) is 0. The van der Waals surface area contributed by atoms with Crippen molar-refractivity contribution < 1.29 is 0 Å². The van der Waals surface area contributed by atoms with Gasteiger partial charge in [-0.25, -0.2) is 15.0 Å². The van der Waals surface area contributed by atoms with Crippen molar-refractivity contribution in [2.24, 2.45) is 0 Å². The zero-order valence-electron chi connectivity index (χ0n) is 9.70. The van der Waals surface area contributed by atoms with Crippen molar-refractivity contribution in [2.75, 3.05) is 5.73 Å². The molecule has 0 bridgehead atoms. The fourth-order valence-corrected chi connectivity index (χ4v) is 3.75. The van der Waals surface area contributed by atoms with E-state index in [-0.39, 0.29) is 0 Å². The first kappa shape index (κ1) is 10.8. The third kappa shape index (κ3) is 1.61. The van der Waals surface area contributed by atoms with Gasteiger partial charge in [0.2, 0.25) is 0 Å². The lowest BCUT2D eigenvalue weighted by Crippen LogP contribution is -1.89. The molecule has 4 heterocycles. The maximum atomic E-state index is 5.89. The Kier molecular flexibility index (Phi) is 2.27. The number of thiophene rings is 2. The number of fused-ring (bicyclic) bond motifs is 3. The maximum absolute atomic E-state index is 5.89. The standard InChI is InChI=1S/C13H8N4S2/c14-12-11-10(16-6-17-12)8-4-7(5-15-13(8)19-11)9-2-1-3-18-9/h1-6H,(H2,14,16,17). The molecule has 0 aromatic carbocycles. The number of nitrogens with two attached hydrogens (primary N) is 1. The third-order valence-electron chi connectivity index (χ3n) is 2.94. The second kappa shape index (κ2) is 3.97. The fourth-order valence-electron chi connectivity index (χ4n) is 2.06. The number of hydrogen-bond donors (Lipinski definition) is 1. The average Bonchev–Trinajstić information content (AvgIpc) is 3.05. The second-order valence-corrected chi connectivity index (χ2v) is 6.04. The van der Waals surface area contributed by atoms with Crippen molar-refractivity contribution in [1.82, 2.24) is 15.0 Å². The van der Waals surface area contributed by atoms with Gasteiger partial charge in [0, 0.05) is 22.0 Å². The van der Waals surface area contributed by atoms with Gasteiger partial charge in [-0.2, -0.15) is 0 Å². The molecule has 0 aliphatic carbocycles. The summed E-state index contributed by atoms with van der Waals surface area (Å²) in [5.41, 5.74) is 7.88. The van der Waals surface area contributed by atoms with Crippen molar-refractivity contribution in [2.45, 2.75) is 0 Å². The molecule has 4 aromatic heterocycles. The Morgan fingerprint density at radius 2 is 2.11 bits per heavy atom. The van der Waals surface area contributed by atoms with E-state index in [9.17, 15) is 0 Å². The minimum atomic E-state index is 0.519. The van der Waals surface area contributed by atoms with Gasteiger partial charge in [-0.15, -0.1) is 22.7 Å². The zero-order chi connectivity index (χ0) is 12.8. The molecule has 0 aliphatic rings. The number of pyridine rings is 1. The molecule has 19 heavy (non-hydrogen) atoms. The predicted molar refractivity (Wildman–Crippen MR) is 80.4 cm³/mol. The van der Waals surface area contributed by atoms with Crippen LogP contribution in [0.5, 0.6) is 0 Å². The van der Waals surface area contributed by atoms with Crippen molar-refractivity contribution >= 4 is 48.9 Å². The van der Waals surface area contributed by atoms with E-state index in [2.05, 4.69) is 32.5 Å². The van der Waals surface area contributed by atoms with Gasteiger partial charge in [0.05, 0.1) is 10.2 Å². The van der Waals surface area contributed by atoms with E-state index in [1.165, 1.54) is 22.5 Å². The highest BCUT2D eigenvalue weighted by Gasteiger charge is 2.11. The maximum Gasteiger partial charge on any atom is 0.144 e. The summed E-state index contributed by atoms with van der Waals surface area (Å²) in [6.07, 6.45) is 3.40. The number of aromatic nitrogens is 3. The predicted octanol–water partition coefficient (Wildman–Crippen LogP) is 3.55. The van der Waals surface area contributed by atoms with Crippen LogP contribution in [0, 0.1) is 0 Å². The van der Waals surface area contributed by atoms with Crippen LogP contribution in [-0.2, 0) is 0 Å². The Morgan fingerprint density at radius 3 is 2.95 bits per heavy atom. The summed E-state index contributed by atoms with van der Waals surface area (Å²) in [7, 11) is 0. The number of rotatable bonds is 1. The lowest BCUT2D eigenvalue weighted by atomic mass is 10.2. The highest BCUT2D eigenvalue weighted by Crippen LogP contribution is 2.36. The summed E-state index contributed by atoms with van der Waals surface area (Å²) in [6, 6.07) is 6.25. The molecule has 6 heteroatoms. The molecule has 0 unspecified atom stereocenters. The SMILES string of the molecule is Nc1ncnc2c1sc1ncc(-c3cccs3)cc12. The molecular formula is C13H8N4S2. The summed E-state index contributed by atoms with van der Waals surface area (Å²) in [4.78, 5) is 15.0. The molecule has 0 aliphatic heterocycles. The van der Waals surface area contributed by atoms with Crippen LogP contribution in [0.1, 0.15) is 0 Å². The van der Waals surface area contributed by atoms with Gasteiger partial charge in [0.15, 0.2) is 0 Å². The Balaban J connectivity index is 2.08. The van der Waals surface area contributed by atoms with Crippen molar-refractivity contribution in [1.29, 1.82) is 0 Å². The van der Waals surface area contributed by atoms with Crippen LogP contribution in [0.4, 0.5) is 5.82 Å². The minimum Gasteiger partial charge on any atom is -0.382 e. The molecule has 4 aromatic rings. The van der Waals surface area contributed by atoms with Gasteiger partial charge in [-0.05, 0) is 17.5 Å². The molecule has 0 atom stereocenters. The Labute approximate surface area is 116 Å². The van der Waals surface area contributed by atoms with E-state index in [0.717, 1.165) is 26.0 Å². The van der Waals surface area contributed by atoms with Crippen LogP contribution in [-0.4, -0.2) is 15.0 Å². The Morgan fingerprint density at radius 1 is 1.16 bits per heavy atom. The smallest absolute Gasteiger partial charge is 0.144 e. The first-order valence-corrected chi connectivity index (χ1v) is 7.35.